The van der Waals surface area contributed by atoms with Crippen molar-refractivity contribution in [3.05, 3.63) is 70.9 Å². The number of hydrogen-bond donors (Lipinski definition) is 1. The van der Waals surface area contributed by atoms with Crippen molar-refractivity contribution in [2.75, 3.05) is 12.0 Å². The first-order valence-corrected chi connectivity index (χ1v) is 9.21. The molecule has 0 bridgehead atoms. The van der Waals surface area contributed by atoms with Crippen molar-refractivity contribution in [1.29, 1.82) is 0 Å². The van der Waals surface area contributed by atoms with Crippen LogP contribution in [0.25, 0.3) is 6.08 Å². The van der Waals surface area contributed by atoms with Gasteiger partial charge in [-0.15, -0.1) is 6.58 Å². The molecule has 7 heteroatoms. The summed E-state index contributed by atoms with van der Waals surface area (Å²) in [6.45, 7) is 3.68. The van der Waals surface area contributed by atoms with Crippen LogP contribution >= 0.6 is 24.0 Å². The van der Waals surface area contributed by atoms with Crippen molar-refractivity contribution in [3.63, 3.8) is 0 Å². The van der Waals surface area contributed by atoms with Gasteiger partial charge in [-0.25, -0.2) is 4.39 Å². The van der Waals surface area contributed by atoms with Gasteiger partial charge in [0.25, 0.3) is 5.91 Å². The summed E-state index contributed by atoms with van der Waals surface area (Å²) in [5, 5.41) is 10.2. The molecule has 1 fully saturated rings. The zero-order valence-corrected chi connectivity index (χ0v) is 16.1. The van der Waals surface area contributed by atoms with Gasteiger partial charge in [0.2, 0.25) is 0 Å². The Hall–Kier alpha value is -2.64. The third kappa shape index (κ3) is 3.89. The van der Waals surface area contributed by atoms with E-state index in [0.717, 1.165) is 11.8 Å². The van der Waals surface area contributed by atoms with Crippen LogP contribution in [0.2, 0.25) is 0 Å². The number of phenols is 1. The molecule has 0 aromatic heterocycles. The summed E-state index contributed by atoms with van der Waals surface area (Å²) in [6, 6.07) is 8.99. The molecule has 1 aliphatic rings. The molecule has 0 saturated carbocycles. The second kappa shape index (κ2) is 7.94. The molecule has 3 rings (SSSR count). The summed E-state index contributed by atoms with van der Waals surface area (Å²) in [5.74, 6) is -0.303. The van der Waals surface area contributed by atoms with Crippen molar-refractivity contribution in [2.24, 2.45) is 0 Å². The Morgan fingerprint density at radius 2 is 2.04 bits per heavy atom. The van der Waals surface area contributed by atoms with Crippen molar-refractivity contribution >= 4 is 46.0 Å². The van der Waals surface area contributed by atoms with Crippen LogP contribution in [-0.4, -0.2) is 22.4 Å². The molecule has 1 saturated heterocycles. The summed E-state index contributed by atoms with van der Waals surface area (Å²) in [4.78, 5) is 14.6. The molecule has 0 radical (unpaired) electrons. The van der Waals surface area contributed by atoms with E-state index in [1.54, 1.807) is 24.3 Å². The van der Waals surface area contributed by atoms with Crippen LogP contribution in [0.5, 0.6) is 11.5 Å². The number of halogens is 1. The summed E-state index contributed by atoms with van der Waals surface area (Å²) in [7, 11) is 1.46. The van der Waals surface area contributed by atoms with E-state index in [9.17, 15) is 14.3 Å². The van der Waals surface area contributed by atoms with Crippen molar-refractivity contribution < 1.29 is 19.0 Å². The number of thiocarbonyl (C=S) groups is 1. The van der Waals surface area contributed by atoms with E-state index >= 15 is 0 Å². The Labute approximate surface area is 165 Å². The molecular formula is C20H16FNO3S2. The van der Waals surface area contributed by atoms with Crippen LogP contribution in [0.1, 0.15) is 11.1 Å². The third-order valence-electron chi connectivity index (χ3n) is 3.94. The number of benzene rings is 2. The number of nitrogens with zero attached hydrogens (tertiary/aromatic N) is 1. The first-order valence-electron chi connectivity index (χ1n) is 7.99. The number of rotatable bonds is 5. The second-order valence-electron chi connectivity index (χ2n) is 5.72. The van der Waals surface area contributed by atoms with E-state index in [-0.39, 0.29) is 17.5 Å². The highest BCUT2D eigenvalue weighted by Crippen LogP contribution is 2.38. The predicted octanol–water partition coefficient (Wildman–Crippen LogP) is 4.67. The van der Waals surface area contributed by atoms with E-state index in [1.165, 1.54) is 36.3 Å². The monoisotopic (exact) mass is 401 g/mol. The zero-order valence-electron chi connectivity index (χ0n) is 14.4. The van der Waals surface area contributed by atoms with Gasteiger partial charge in [-0.3, -0.25) is 9.69 Å². The molecule has 27 heavy (non-hydrogen) atoms. The van der Waals surface area contributed by atoms with Crippen LogP contribution in [0.4, 0.5) is 10.1 Å². The van der Waals surface area contributed by atoms with Crippen LogP contribution in [-0.2, 0) is 11.2 Å². The van der Waals surface area contributed by atoms with Gasteiger partial charge in [-0.2, -0.15) is 0 Å². The molecule has 0 aliphatic carbocycles. The maximum Gasteiger partial charge on any atom is 0.270 e. The van der Waals surface area contributed by atoms with Gasteiger partial charge in [0.1, 0.15) is 5.82 Å². The number of anilines is 1. The van der Waals surface area contributed by atoms with E-state index in [4.69, 9.17) is 17.0 Å². The van der Waals surface area contributed by atoms with Crippen LogP contribution in [0, 0.1) is 5.82 Å². The highest BCUT2D eigenvalue weighted by Gasteiger charge is 2.33. The normalized spacial score (nSPS) is 15.5. The number of carbonyl (C=O) groups is 1. The van der Waals surface area contributed by atoms with Crippen molar-refractivity contribution in [2.45, 2.75) is 6.42 Å². The molecule has 2 aromatic carbocycles. The third-order valence-corrected chi connectivity index (χ3v) is 5.24. The summed E-state index contributed by atoms with van der Waals surface area (Å²) >= 11 is 6.48. The molecular weight excluding hydrogens is 385 g/mol. The number of aromatic hydroxyl groups is 1. The van der Waals surface area contributed by atoms with E-state index < -0.39 is 0 Å². The lowest BCUT2D eigenvalue weighted by Gasteiger charge is -2.14. The van der Waals surface area contributed by atoms with E-state index in [2.05, 4.69) is 6.58 Å². The topological polar surface area (TPSA) is 49.8 Å². The van der Waals surface area contributed by atoms with Crippen LogP contribution < -0.4 is 9.64 Å². The fourth-order valence-electron chi connectivity index (χ4n) is 2.67. The number of phenolic OH excluding ortho intramolecular Hbond substituents is 1. The number of allylic oxidation sites excluding steroid dienone is 1. The predicted molar refractivity (Wildman–Crippen MR) is 111 cm³/mol. The number of methoxy groups -OCH3 is 1. The second-order valence-corrected chi connectivity index (χ2v) is 7.39. The fourth-order valence-corrected chi connectivity index (χ4v) is 3.97. The summed E-state index contributed by atoms with van der Waals surface area (Å²) in [6.07, 6.45) is 3.82. The van der Waals surface area contributed by atoms with Gasteiger partial charge in [-0.05, 0) is 54.5 Å². The average Bonchev–Trinajstić information content (AvgIpc) is 2.92. The Bertz CT molecular complexity index is 954. The molecule has 2 aromatic rings. The molecule has 1 heterocycles. The Balaban J connectivity index is 1.97. The van der Waals surface area contributed by atoms with Gasteiger partial charge >= 0.3 is 0 Å². The first kappa shape index (κ1) is 19.1. The molecule has 0 unspecified atom stereocenters. The van der Waals surface area contributed by atoms with Gasteiger partial charge in [0, 0.05) is 5.56 Å². The first-order chi connectivity index (χ1) is 12.9. The maximum atomic E-state index is 13.1. The Morgan fingerprint density at radius 3 is 2.67 bits per heavy atom. The van der Waals surface area contributed by atoms with Crippen molar-refractivity contribution in [3.8, 4) is 11.5 Å². The van der Waals surface area contributed by atoms with Crippen molar-refractivity contribution in [1.82, 2.24) is 0 Å². The largest absolute Gasteiger partial charge is 0.504 e. The molecule has 1 amide bonds. The fraction of sp³-hybridized carbons (Fsp3) is 0.100. The lowest BCUT2D eigenvalue weighted by molar-refractivity contribution is -0.113. The Morgan fingerprint density at radius 1 is 1.33 bits per heavy atom. The minimum Gasteiger partial charge on any atom is -0.504 e. The number of amides is 1. The molecule has 1 aliphatic heterocycles. The van der Waals surface area contributed by atoms with E-state index in [0.29, 0.717) is 38.2 Å². The lowest BCUT2D eigenvalue weighted by atomic mass is 10.1. The number of carbonyl (C=O) groups excluding carboxylic acids is 1. The minimum atomic E-state index is -0.384. The SMILES string of the molecule is C=CCc1cc(/C=C2/SC(=S)N(c3ccc(F)cc3)C2=O)cc(OC)c1O. The van der Waals surface area contributed by atoms with Gasteiger partial charge in [0.05, 0.1) is 17.7 Å². The highest BCUT2D eigenvalue weighted by molar-refractivity contribution is 8.27. The van der Waals surface area contributed by atoms with Gasteiger partial charge in [0.15, 0.2) is 15.8 Å². The molecule has 1 N–H and O–H groups in total. The lowest BCUT2D eigenvalue weighted by Crippen LogP contribution is -2.27. The summed E-state index contributed by atoms with van der Waals surface area (Å²) in [5.41, 5.74) is 1.85. The quantitative estimate of drug-likeness (QED) is 0.448. The molecule has 0 atom stereocenters. The van der Waals surface area contributed by atoms with Crippen LogP contribution in [0.3, 0.4) is 0 Å². The van der Waals surface area contributed by atoms with Gasteiger partial charge in [-0.1, -0.05) is 30.1 Å². The number of hydrogen-bond acceptors (Lipinski definition) is 5. The zero-order chi connectivity index (χ0) is 19.6. The summed E-state index contributed by atoms with van der Waals surface area (Å²) < 4.78 is 18.7. The average molecular weight is 401 g/mol. The molecule has 4 nitrogen and oxygen atoms in total. The van der Waals surface area contributed by atoms with Crippen LogP contribution in [0.15, 0.2) is 54.0 Å². The standard InChI is InChI=1S/C20H16FNO3S2/c1-3-4-13-9-12(10-16(25-2)18(13)23)11-17-19(24)22(20(26)27-17)15-7-5-14(21)6-8-15/h3,5-11,23H,1,4H2,2H3/b17-11+. The number of ether oxygens (including phenoxy) is 1. The van der Waals surface area contributed by atoms with E-state index in [1.807, 2.05) is 0 Å². The maximum absolute atomic E-state index is 13.1. The molecule has 138 valence electrons. The van der Waals surface area contributed by atoms with Gasteiger partial charge < -0.3 is 9.84 Å². The smallest absolute Gasteiger partial charge is 0.270 e. The minimum absolute atomic E-state index is 0.0495. The Kier molecular flexibility index (Phi) is 5.62. The molecule has 0 spiro atoms. The number of thioether (sulfide) groups is 1. The highest BCUT2D eigenvalue weighted by atomic mass is 32.2.